The molecule has 0 aliphatic heterocycles. The maximum absolute atomic E-state index is 11.0. The van der Waals surface area contributed by atoms with Crippen LogP contribution in [0.15, 0.2) is 30.5 Å². The van der Waals surface area contributed by atoms with E-state index >= 15 is 0 Å². The quantitative estimate of drug-likeness (QED) is 0.305. The van der Waals surface area contributed by atoms with Crippen LogP contribution in [0.4, 0.5) is 5.00 Å². The molecule has 10 heteroatoms. The maximum atomic E-state index is 11.0. The standard InChI is InChI=1S/C16H20N4O5S/c17-15(23)11-1-3-13(4-2-11)24-6-5-18-7-12(22)9-25-16-19-8-14(26-16)20-10-21/h1-4,8,10,12,18,22H,5-7,9H2,(H2,17,23)(H,20,21). The molecule has 2 rings (SSSR count). The average Bonchev–Trinajstić information content (AvgIpc) is 3.08. The molecule has 0 spiro atoms. The van der Waals surface area contributed by atoms with E-state index in [-0.39, 0.29) is 6.61 Å². The van der Waals surface area contributed by atoms with Crippen molar-refractivity contribution < 1.29 is 24.2 Å². The van der Waals surface area contributed by atoms with Crippen LogP contribution in [0.2, 0.25) is 0 Å². The van der Waals surface area contributed by atoms with Crippen LogP contribution in [0.3, 0.4) is 0 Å². The first-order valence-corrected chi connectivity index (χ1v) is 8.60. The number of thiazole rings is 1. The molecule has 1 unspecified atom stereocenters. The number of amides is 2. The number of benzene rings is 1. The minimum Gasteiger partial charge on any atom is -0.492 e. The number of aliphatic hydroxyl groups is 1. The molecule has 0 aliphatic rings. The lowest BCUT2D eigenvalue weighted by Gasteiger charge is -2.12. The molecule has 1 heterocycles. The van der Waals surface area contributed by atoms with Gasteiger partial charge in [0.25, 0.3) is 5.19 Å². The molecule has 2 aromatic rings. The Morgan fingerprint density at radius 1 is 1.35 bits per heavy atom. The molecule has 0 bridgehead atoms. The average molecular weight is 380 g/mol. The molecule has 1 aromatic heterocycles. The first kappa shape index (κ1) is 19.6. The third-order valence-corrected chi connectivity index (χ3v) is 3.99. The molecule has 5 N–H and O–H groups in total. The van der Waals surface area contributed by atoms with Crippen LogP contribution in [0.5, 0.6) is 10.9 Å². The highest BCUT2D eigenvalue weighted by Crippen LogP contribution is 2.24. The first-order valence-electron chi connectivity index (χ1n) is 7.78. The third kappa shape index (κ3) is 6.67. The van der Waals surface area contributed by atoms with Gasteiger partial charge < -0.3 is 30.9 Å². The number of rotatable bonds is 12. The molecule has 1 atom stereocenters. The molecule has 2 amide bonds. The summed E-state index contributed by atoms with van der Waals surface area (Å²) in [6.45, 7) is 1.33. The Hall–Kier alpha value is -2.69. The van der Waals surface area contributed by atoms with Crippen molar-refractivity contribution in [2.45, 2.75) is 6.10 Å². The highest BCUT2D eigenvalue weighted by Gasteiger charge is 2.08. The van der Waals surface area contributed by atoms with Crippen LogP contribution in [-0.2, 0) is 4.79 Å². The summed E-state index contributed by atoms with van der Waals surface area (Å²) >= 11 is 1.18. The lowest BCUT2D eigenvalue weighted by atomic mass is 10.2. The van der Waals surface area contributed by atoms with Gasteiger partial charge >= 0.3 is 0 Å². The van der Waals surface area contributed by atoms with Crippen molar-refractivity contribution in [1.29, 1.82) is 0 Å². The van der Waals surface area contributed by atoms with Gasteiger partial charge in [0, 0.05) is 18.7 Å². The molecule has 1 aromatic carbocycles. The second-order valence-corrected chi connectivity index (χ2v) is 6.15. The fourth-order valence-electron chi connectivity index (χ4n) is 1.90. The molecule has 26 heavy (non-hydrogen) atoms. The number of hydrogen-bond donors (Lipinski definition) is 4. The van der Waals surface area contributed by atoms with Crippen molar-refractivity contribution in [3.63, 3.8) is 0 Å². The Balaban J connectivity index is 1.57. The smallest absolute Gasteiger partial charge is 0.275 e. The SMILES string of the molecule is NC(=O)c1ccc(OCCNCC(O)COc2ncc(NC=O)s2)cc1. The number of carbonyl (C=O) groups is 2. The van der Waals surface area contributed by atoms with Crippen molar-refractivity contribution in [2.24, 2.45) is 5.73 Å². The van der Waals surface area contributed by atoms with E-state index in [0.717, 1.165) is 0 Å². The van der Waals surface area contributed by atoms with E-state index in [1.54, 1.807) is 24.3 Å². The Morgan fingerprint density at radius 2 is 2.12 bits per heavy atom. The second-order valence-electron chi connectivity index (χ2n) is 5.16. The number of nitrogens with one attached hydrogen (secondary N) is 2. The monoisotopic (exact) mass is 380 g/mol. The Morgan fingerprint density at radius 3 is 2.81 bits per heavy atom. The highest BCUT2D eigenvalue weighted by atomic mass is 32.1. The van der Waals surface area contributed by atoms with Gasteiger partial charge in [0.1, 0.15) is 30.1 Å². The Labute approximate surface area is 154 Å². The largest absolute Gasteiger partial charge is 0.492 e. The summed E-state index contributed by atoms with van der Waals surface area (Å²) in [5.74, 6) is 0.146. The van der Waals surface area contributed by atoms with Crippen molar-refractivity contribution in [2.75, 3.05) is 31.6 Å². The summed E-state index contributed by atoms with van der Waals surface area (Å²) in [4.78, 5) is 25.2. The van der Waals surface area contributed by atoms with Gasteiger partial charge in [-0.2, -0.15) is 0 Å². The highest BCUT2D eigenvalue weighted by molar-refractivity contribution is 7.17. The van der Waals surface area contributed by atoms with Gasteiger partial charge in [-0.15, -0.1) is 0 Å². The number of nitrogens with zero attached hydrogens (tertiary/aromatic N) is 1. The lowest BCUT2D eigenvalue weighted by molar-refractivity contribution is -0.105. The fourth-order valence-corrected chi connectivity index (χ4v) is 2.53. The molecule has 0 fully saturated rings. The maximum Gasteiger partial charge on any atom is 0.275 e. The van der Waals surface area contributed by atoms with Crippen LogP contribution in [-0.4, -0.2) is 54.8 Å². The minimum atomic E-state index is -0.712. The van der Waals surface area contributed by atoms with Crippen molar-refractivity contribution in [1.82, 2.24) is 10.3 Å². The molecule has 140 valence electrons. The van der Waals surface area contributed by atoms with E-state index in [0.29, 0.717) is 47.6 Å². The fraction of sp³-hybridized carbons (Fsp3) is 0.312. The summed E-state index contributed by atoms with van der Waals surface area (Å²) in [5.41, 5.74) is 5.59. The Kier molecular flexibility index (Phi) is 7.80. The number of anilines is 1. The van der Waals surface area contributed by atoms with Crippen LogP contribution < -0.4 is 25.8 Å². The van der Waals surface area contributed by atoms with Crippen LogP contribution in [0, 0.1) is 0 Å². The molecule has 0 radical (unpaired) electrons. The molecular weight excluding hydrogens is 360 g/mol. The number of aliphatic hydroxyl groups excluding tert-OH is 1. The zero-order chi connectivity index (χ0) is 18.8. The van der Waals surface area contributed by atoms with E-state index < -0.39 is 12.0 Å². The van der Waals surface area contributed by atoms with Crippen molar-refractivity contribution in [3.05, 3.63) is 36.0 Å². The molecule has 9 nitrogen and oxygen atoms in total. The zero-order valence-corrected chi connectivity index (χ0v) is 14.7. The van der Waals surface area contributed by atoms with Gasteiger partial charge in [0.2, 0.25) is 12.3 Å². The van der Waals surface area contributed by atoms with E-state index in [2.05, 4.69) is 15.6 Å². The number of primary amides is 1. The third-order valence-electron chi connectivity index (χ3n) is 3.15. The number of hydrogen-bond acceptors (Lipinski definition) is 8. The summed E-state index contributed by atoms with van der Waals surface area (Å²) in [6, 6.07) is 6.54. The number of aromatic nitrogens is 1. The zero-order valence-electron chi connectivity index (χ0n) is 13.9. The van der Waals surface area contributed by atoms with E-state index in [1.807, 2.05) is 0 Å². The minimum absolute atomic E-state index is 0.0798. The van der Waals surface area contributed by atoms with Crippen LogP contribution >= 0.6 is 11.3 Å². The van der Waals surface area contributed by atoms with Gasteiger partial charge in [-0.05, 0) is 24.3 Å². The summed E-state index contributed by atoms with van der Waals surface area (Å²) in [7, 11) is 0. The van der Waals surface area contributed by atoms with Gasteiger partial charge in [-0.25, -0.2) is 4.98 Å². The van der Waals surface area contributed by atoms with Gasteiger partial charge in [-0.3, -0.25) is 9.59 Å². The first-order chi connectivity index (χ1) is 12.6. The predicted octanol–water partition coefficient (Wildman–Crippen LogP) is 0.219. The topological polar surface area (TPSA) is 136 Å². The molecule has 0 aliphatic carbocycles. The number of carbonyl (C=O) groups excluding carboxylic acids is 2. The lowest BCUT2D eigenvalue weighted by Crippen LogP contribution is -2.33. The predicted molar refractivity (Wildman–Crippen MR) is 96.6 cm³/mol. The van der Waals surface area contributed by atoms with Gasteiger partial charge in [-0.1, -0.05) is 11.3 Å². The molecular formula is C16H20N4O5S. The van der Waals surface area contributed by atoms with E-state index in [9.17, 15) is 14.7 Å². The van der Waals surface area contributed by atoms with Crippen LogP contribution in [0.25, 0.3) is 0 Å². The van der Waals surface area contributed by atoms with E-state index in [4.69, 9.17) is 15.2 Å². The van der Waals surface area contributed by atoms with Crippen molar-refractivity contribution in [3.8, 4) is 10.9 Å². The second kappa shape index (κ2) is 10.3. The van der Waals surface area contributed by atoms with Crippen LogP contribution in [0.1, 0.15) is 10.4 Å². The summed E-state index contributed by atoms with van der Waals surface area (Å²) in [6.07, 6.45) is 1.33. The molecule has 0 saturated carbocycles. The summed E-state index contributed by atoms with van der Waals surface area (Å²) < 4.78 is 10.9. The number of ether oxygens (including phenoxy) is 2. The summed E-state index contributed by atoms with van der Waals surface area (Å²) in [5, 5.41) is 16.3. The van der Waals surface area contributed by atoms with E-state index in [1.165, 1.54) is 17.5 Å². The molecule has 0 saturated heterocycles. The Bertz CT molecular complexity index is 707. The van der Waals surface area contributed by atoms with Crippen molar-refractivity contribution >= 4 is 28.7 Å². The number of nitrogens with two attached hydrogens (primary N) is 1. The van der Waals surface area contributed by atoms with Gasteiger partial charge in [0.15, 0.2) is 0 Å². The van der Waals surface area contributed by atoms with Gasteiger partial charge in [0.05, 0.1) is 6.20 Å². The normalized spacial score (nSPS) is 11.6.